The minimum absolute atomic E-state index is 0.0366. The van der Waals surface area contributed by atoms with Crippen molar-refractivity contribution in [1.82, 2.24) is 4.90 Å². The molecule has 3 rings (SSSR count). The molecule has 22 heavy (non-hydrogen) atoms. The third kappa shape index (κ3) is 2.50. The molecule has 0 heterocycles. The number of rotatable bonds is 3. The Morgan fingerprint density at radius 2 is 2.00 bits per heavy atom. The van der Waals surface area contributed by atoms with Crippen LogP contribution in [0.2, 0.25) is 0 Å². The number of aliphatic hydroxyl groups is 1. The van der Waals surface area contributed by atoms with E-state index in [4.69, 9.17) is 0 Å². The highest BCUT2D eigenvalue weighted by Crippen LogP contribution is 2.54. The maximum Gasteiger partial charge on any atom is 0.200 e. The van der Waals surface area contributed by atoms with Crippen molar-refractivity contribution in [3.05, 3.63) is 29.3 Å². The first kappa shape index (κ1) is 15.7. The van der Waals surface area contributed by atoms with Crippen molar-refractivity contribution in [3.63, 3.8) is 0 Å². The Morgan fingerprint density at radius 1 is 1.27 bits per heavy atom. The molecule has 4 atom stereocenters. The van der Waals surface area contributed by atoms with Crippen LogP contribution in [0.5, 0.6) is 5.75 Å². The van der Waals surface area contributed by atoms with Crippen LogP contribution in [0.15, 0.2) is 12.1 Å². The predicted molar refractivity (Wildman–Crippen MR) is 79.4 cm³/mol. The van der Waals surface area contributed by atoms with Crippen LogP contribution < -0.4 is 0 Å². The van der Waals surface area contributed by atoms with Crippen LogP contribution in [0, 0.1) is 29.4 Å². The lowest BCUT2D eigenvalue weighted by molar-refractivity contribution is -0.0894. The Bertz CT molecular complexity index is 555. The molecule has 1 aromatic carbocycles. The number of phenolic OH excluding ortho intramolecular Hbond substituents is 1. The second-order valence-electron chi connectivity index (χ2n) is 7.23. The predicted octanol–water partition coefficient (Wildman–Crippen LogP) is 2.86. The van der Waals surface area contributed by atoms with Gasteiger partial charge < -0.3 is 15.1 Å². The van der Waals surface area contributed by atoms with Crippen LogP contribution in [-0.2, 0) is 5.60 Å². The van der Waals surface area contributed by atoms with Gasteiger partial charge in [0.15, 0.2) is 17.4 Å². The Labute approximate surface area is 129 Å². The van der Waals surface area contributed by atoms with Crippen molar-refractivity contribution in [2.45, 2.75) is 31.3 Å². The minimum atomic E-state index is -1.25. The number of halogens is 2. The second kappa shape index (κ2) is 5.46. The van der Waals surface area contributed by atoms with Gasteiger partial charge in [-0.25, -0.2) is 4.39 Å². The molecule has 0 saturated heterocycles. The van der Waals surface area contributed by atoms with Gasteiger partial charge in [0, 0.05) is 12.5 Å². The molecule has 2 N–H and O–H groups in total. The van der Waals surface area contributed by atoms with Crippen LogP contribution in [0.4, 0.5) is 8.78 Å². The SMILES string of the molecule is CN(C)CC1C2CCC(C2)CC1(O)c1cc(O)c(F)c(F)c1. The average molecular weight is 311 g/mol. The summed E-state index contributed by atoms with van der Waals surface area (Å²) in [6.07, 6.45) is 3.79. The average Bonchev–Trinajstić information content (AvgIpc) is 2.84. The van der Waals surface area contributed by atoms with Gasteiger partial charge in [0.2, 0.25) is 0 Å². The highest BCUT2D eigenvalue weighted by molar-refractivity contribution is 5.35. The quantitative estimate of drug-likeness (QED) is 0.902. The summed E-state index contributed by atoms with van der Waals surface area (Å²) in [5.74, 6) is -2.32. The third-order valence-electron chi connectivity index (χ3n) is 5.43. The van der Waals surface area contributed by atoms with Gasteiger partial charge in [-0.15, -0.1) is 0 Å². The molecule has 2 aliphatic carbocycles. The fourth-order valence-corrected chi connectivity index (χ4v) is 4.50. The largest absolute Gasteiger partial charge is 0.505 e. The van der Waals surface area contributed by atoms with Crippen LogP contribution in [0.25, 0.3) is 0 Å². The molecule has 5 heteroatoms. The molecule has 0 aromatic heterocycles. The Kier molecular flexibility index (Phi) is 3.89. The summed E-state index contributed by atoms with van der Waals surface area (Å²) in [5, 5.41) is 21.0. The molecular formula is C17H23F2NO2. The molecule has 2 fully saturated rings. The van der Waals surface area contributed by atoms with Gasteiger partial charge in [-0.1, -0.05) is 6.42 Å². The number of fused-ring (bicyclic) bond motifs is 2. The molecule has 2 saturated carbocycles. The molecule has 122 valence electrons. The van der Waals surface area contributed by atoms with Gasteiger partial charge in [-0.3, -0.25) is 0 Å². The van der Waals surface area contributed by atoms with Crippen LogP contribution in [0.1, 0.15) is 31.2 Å². The summed E-state index contributed by atoms with van der Waals surface area (Å²) < 4.78 is 27.1. The summed E-state index contributed by atoms with van der Waals surface area (Å²) in [6.45, 7) is 0.688. The standard InChI is InChI=1S/C17H23F2NO2/c1-20(2)9-13-11-4-3-10(5-11)8-17(13,22)12-6-14(18)16(19)15(21)7-12/h6-7,10-11,13,21-22H,3-5,8-9H2,1-2H3. The maximum atomic E-state index is 13.7. The van der Waals surface area contributed by atoms with Gasteiger partial charge in [0.1, 0.15) is 0 Å². The first-order valence-electron chi connectivity index (χ1n) is 7.87. The van der Waals surface area contributed by atoms with Gasteiger partial charge in [0.05, 0.1) is 5.60 Å². The third-order valence-corrected chi connectivity index (χ3v) is 5.43. The fourth-order valence-electron chi connectivity index (χ4n) is 4.50. The van der Waals surface area contributed by atoms with Gasteiger partial charge in [0.25, 0.3) is 0 Å². The van der Waals surface area contributed by atoms with E-state index in [1.165, 1.54) is 6.07 Å². The van der Waals surface area contributed by atoms with Crippen molar-refractivity contribution < 1.29 is 19.0 Å². The molecule has 2 aliphatic rings. The molecule has 2 bridgehead atoms. The minimum Gasteiger partial charge on any atom is -0.505 e. The second-order valence-corrected chi connectivity index (χ2v) is 7.23. The fraction of sp³-hybridized carbons (Fsp3) is 0.647. The lowest BCUT2D eigenvalue weighted by Crippen LogP contribution is -2.47. The van der Waals surface area contributed by atoms with Crippen molar-refractivity contribution in [2.24, 2.45) is 17.8 Å². The van der Waals surface area contributed by atoms with E-state index in [0.717, 1.165) is 25.3 Å². The van der Waals surface area contributed by atoms with E-state index in [1.54, 1.807) is 0 Å². The van der Waals surface area contributed by atoms with Crippen LogP contribution >= 0.6 is 0 Å². The summed E-state index contributed by atoms with van der Waals surface area (Å²) in [6, 6.07) is 2.23. The number of hydrogen-bond acceptors (Lipinski definition) is 3. The zero-order valence-corrected chi connectivity index (χ0v) is 13.0. The number of phenols is 1. The Hall–Kier alpha value is -1.20. The lowest BCUT2D eigenvalue weighted by Gasteiger charge is -2.45. The number of aromatic hydroxyl groups is 1. The summed E-state index contributed by atoms with van der Waals surface area (Å²) >= 11 is 0. The molecule has 0 amide bonds. The molecule has 0 aliphatic heterocycles. The molecule has 4 unspecified atom stereocenters. The molecular weight excluding hydrogens is 288 g/mol. The lowest BCUT2D eigenvalue weighted by atomic mass is 9.66. The molecule has 1 aromatic rings. The smallest absolute Gasteiger partial charge is 0.200 e. The van der Waals surface area contributed by atoms with Crippen LogP contribution in [0.3, 0.4) is 0 Å². The van der Waals surface area contributed by atoms with E-state index in [-0.39, 0.29) is 5.92 Å². The molecule has 0 radical (unpaired) electrons. The highest BCUT2D eigenvalue weighted by atomic mass is 19.2. The van der Waals surface area contributed by atoms with Gasteiger partial charge in [-0.2, -0.15) is 4.39 Å². The normalized spacial score (nSPS) is 34.4. The van der Waals surface area contributed by atoms with E-state index < -0.39 is 23.0 Å². The first-order valence-corrected chi connectivity index (χ1v) is 7.87. The monoisotopic (exact) mass is 311 g/mol. The highest BCUT2D eigenvalue weighted by Gasteiger charge is 2.51. The summed E-state index contributed by atoms with van der Waals surface area (Å²) in [4.78, 5) is 2.02. The molecule has 0 spiro atoms. The van der Waals surface area contributed by atoms with Gasteiger partial charge in [-0.05, 0) is 62.9 Å². The summed E-state index contributed by atoms with van der Waals surface area (Å²) in [5.41, 5.74) is -0.909. The number of benzene rings is 1. The van der Waals surface area contributed by atoms with Crippen molar-refractivity contribution in [1.29, 1.82) is 0 Å². The Morgan fingerprint density at radius 3 is 2.64 bits per heavy atom. The number of hydrogen-bond donors (Lipinski definition) is 2. The molecule has 3 nitrogen and oxygen atoms in total. The van der Waals surface area contributed by atoms with Crippen molar-refractivity contribution in [2.75, 3.05) is 20.6 Å². The van der Waals surface area contributed by atoms with E-state index >= 15 is 0 Å². The van der Waals surface area contributed by atoms with E-state index in [2.05, 4.69) is 0 Å². The van der Waals surface area contributed by atoms with Crippen LogP contribution in [-0.4, -0.2) is 35.8 Å². The van der Waals surface area contributed by atoms with Crippen molar-refractivity contribution >= 4 is 0 Å². The summed E-state index contributed by atoms with van der Waals surface area (Å²) in [7, 11) is 3.90. The van der Waals surface area contributed by atoms with E-state index in [0.29, 0.717) is 30.4 Å². The van der Waals surface area contributed by atoms with Gasteiger partial charge >= 0.3 is 0 Å². The maximum absolute atomic E-state index is 13.7. The first-order chi connectivity index (χ1) is 10.3. The van der Waals surface area contributed by atoms with E-state index in [1.807, 2.05) is 19.0 Å². The number of nitrogens with zero attached hydrogens (tertiary/aromatic N) is 1. The zero-order valence-electron chi connectivity index (χ0n) is 13.0. The topological polar surface area (TPSA) is 43.7 Å². The van der Waals surface area contributed by atoms with E-state index in [9.17, 15) is 19.0 Å². The van der Waals surface area contributed by atoms with Crippen molar-refractivity contribution in [3.8, 4) is 5.75 Å². The zero-order chi connectivity index (χ0) is 16.1. The Balaban J connectivity index is 2.04.